The molecule has 1 N–H and O–H groups in total. The van der Waals surface area contributed by atoms with Gasteiger partial charge in [-0.1, -0.05) is 77.4 Å². The lowest BCUT2D eigenvalue weighted by molar-refractivity contribution is -0.116. The molecule has 198 valence electrons. The summed E-state index contributed by atoms with van der Waals surface area (Å²) in [5, 5.41) is 6.82. The third-order valence-corrected chi connectivity index (χ3v) is 8.23. The molecule has 0 saturated carbocycles. The van der Waals surface area contributed by atoms with Crippen LogP contribution >= 0.6 is 15.9 Å². The van der Waals surface area contributed by atoms with Gasteiger partial charge in [0.25, 0.3) is 0 Å². The van der Waals surface area contributed by atoms with Gasteiger partial charge in [-0.2, -0.15) is 9.29 Å². The average Bonchev–Trinajstić information content (AvgIpc) is 3.37. The summed E-state index contributed by atoms with van der Waals surface area (Å²) in [4.78, 5) is 17.5. The minimum Gasteiger partial charge on any atom is -0.339 e. The number of rotatable bonds is 11. The number of sulfonamides is 1. The SMILES string of the molecule is CC(C)c1nc(Cc2ccc(NC(=O)CN(CCc3ccccc3)S(=O)(=O)c3ccc(Br)cc3)cc2)no1. The smallest absolute Gasteiger partial charge is 0.243 e. The number of nitrogens with zero attached hydrogens (tertiary/aromatic N) is 3. The molecular weight excluding hydrogens is 568 g/mol. The molecule has 4 aromatic rings. The van der Waals surface area contributed by atoms with E-state index in [9.17, 15) is 13.2 Å². The van der Waals surface area contributed by atoms with Crippen LogP contribution in [0.1, 0.15) is 42.6 Å². The molecule has 1 heterocycles. The average molecular weight is 598 g/mol. The van der Waals surface area contributed by atoms with Crippen LogP contribution in [0, 0.1) is 0 Å². The Balaban J connectivity index is 1.43. The first-order valence-corrected chi connectivity index (χ1v) is 14.4. The van der Waals surface area contributed by atoms with Crippen molar-refractivity contribution in [1.29, 1.82) is 0 Å². The van der Waals surface area contributed by atoms with Crippen molar-refractivity contribution in [3.63, 3.8) is 0 Å². The number of hydrogen-bond donors (Lipinski definition) is 1. The van der Waals surface area contributed by atoms with Crippen LogP contribution in [0.4, 0.5) is 5.69 Å². The highest BCUT2D eigenvalue weighted by molar-refractivity contribution is 9.10. The largest absolute Gasteiger partial charge is 0.339 e. The zero-order valence-corrected chi connectivity index (χ0v) is 23.6. The fraction of sp³-hybridized carbons (Fsp3) is 0.250. The van der Waals surface area contributed by atoms with Crippen LogP contribution in [0.5, 0.6) is 0 Å². The minimum atomic E-state index is -3.89. The molecule has 0 radical (unpaired) electrons. The van der Waals surface area contributed by atoms with Crippen molar-refractivity contribution in [3.8, 4) is 0 Å². The van der Waals surface area contributed by atoms with Gasteiger partial charge >= 0.3 is 0 Å². The summed E-state index contributed by atoms with van der Waals surface area (Å²) in [6.45, 7) is 3.83. The second kappa shape index (κ2) is 12.5. The topological polar surface area (TPSA) is 105 Å². The summed E-state index contributed by atoms with van der Waals surface area (Å²) >= 11 is 3.33. The molecule has 0 atom stereocenters. The molecule has 0 saturated heterocycles. The van der Waals surface area contributed by atoms with Gasteiger partial charge in [0.1, 0.15) is 0 Å². The molecule has 0 aliphatic heterocycles. The Bertz CT molecular complexity index is 1460. The van der Waals surface area contributed by atoms with E-state index >= 15 is 0 Å². The third kappa shape index (κ3) is 7.37. The van der Waals surface area contributed by atoms with E-state index in [1.165, 1.54) is 16.4 Å². The molecular formula is C28H29BrN4O4S. The van der Waals surface area contributed by atoms with Gasteiger partial charge in [0.2, 0.25) is 21.8 Å². The standard InChI is InChI=1S/C28H29BrN4O4S/c1-20(2)28-31-26(32-37-28)18-22-8-12-24(13-9-22)30-27(34)19-33(17-16-21-6-4-3-5-7-21)38(35,36)25-14-10-23(29)11-15-25/h3-15,20H,16-19H2,1-2H3,(H,30,34). The lowest BCUT2D eigenvalue weighted by atomic mass is 10.1. The first-order chi connectivity index (χ1) is 18.2. The number of carbonyl (C=O) groups is 1. The van der Waals surface area contributed by atoms with E-state index in [2.05, 4.69) is 31.4 Å². The number of halogens is 1. The zero-order chi connectivity index (χ0) is 27.1. The lowest BCUT2D eigenvalue weighted by Crippen LogP contribution is -2.39. The molecule has 0 aliphatic carbocycles. The van der Waals surface area contributed by atoms with E-state index in [4.69, 9.17) is 4.52 Å². The summed E-state index contributed by atoms with van der Waals surface area (Å²) in [7, 11) is -3.89. The monoisotopic (exact) mass is 596 g/mol. The molecule has 0 bridgehead atoms. The van der Waals surface area contributed by atoms with Crippen LogP contribution in [0.3, 0.4) is 0 Å². The maximum absolute atomic E-state index is 13.4. The van der Waals surface area contributed by atoms with Gasteiger partial charge in [0.15, 0.2) is 5.82 Å². The number of aromatic nitrogens is 2. The van der Waals surface area contributed by atoms with Crippen molar-refractivity contribution >= 4 is 37.5 Å². The Morgan fingerprint density at radius 2 is 1.66 bits per heavy atom. The summed E-state index contributed by atoms with van der Waals surface area (Å²) in [5.74, 6) is 0.927. The van der Waals surface area contributed by atoms with Gasteiger partial charge in [-0.15, -0.1) is 0 Å². The van der Waals surface area contributed by atoms with Crippen LogP contribution in [-0.2, 0) is 27.7 Å². The van der Waals surface area contributed by atoms with Gasteiger partial charge in [-0.05, 0) is 53.9 Å². The Morgan fingerprint density at radius 3 is 2.29 bits per heavy atom. The second-order valence-electron chi connectivity index (χ2n) is 9.15. The van der Waals surface area contributed by atoms with Crippen molar-refractivity contribution in [3.05, 3.63) is 106 Å². The van der Waals surface area contributed by atoms with Gasteiger partial charge < -0.3 is 9.84 Å². The molecule has 4 rings (SSSR count). The summed E-state index contributed by atoms with van der Waals surface area (Å²) < 4.78 is 34.1. The van der Waals surface area contributed by atoms with Crippen molar-refractivity contribution in [1.82, 2.24) is 14.4 Å². The summed E-state index contributed by atoms with van der Waals surface area (Å²) in [6.07, 6.45) is 0.982. The Labute approximate surface area is 231 Å². The second-order valence-corrected chi connectivity index (χ2v) is 12.0. The van der Waals surface area contributed by atoms with E-state index in [-0.39, 0.29) is 23.9 Å². The molecule has 38 heavy (non-hydrogen) atoms. The highest BCUT2D eigenvalue weighted by Gasteiger charge is 2.26. The highest BCUT2D eigenvalue weighted by atomic mass is 79.9. The summed E-state index contributed by atoms with van der Waals surface area (Å²) in [5.41, 5.74) is 2.52. The number of nitrogens with one attached hydrogen (secondary N) is 1. The Morgan fingerprint density at radius 1 is 0.974 bits per heavy atom. The van der Waals surface area contributed by atoms with Crippen molar-refractivity contribution in [2.75, 3.05) is 18.4 Å². The van der Waals surface area contributed by atoms with Crippen LogP contribution < -0.4 is 5.32 Å². The van der Waals surface area contributed by atoms with Crippen molar-refractivity contribution in [2.45, 2.75) is 37.5 Å². The number of benzene rings is 3. The molecule has 0 aliphatic rings. The fourth-order valence-electron chi connectivity index (χ4n) is 3.76. The lowest BCUT2D eigenvalue weighted by Gasteiger charge is -2.22. The molecule has 0 fully saturated rings. The van der Waals surface area contributed by atoms with Gasteiger partial charge in [-0.25, -0.2) is 8.42 Å². The minimum absolute atomic E-state index is 0.132. The Kier molecular flexibility index (Phi) is 9.09. The molecule has 0 spiro atoms. The van der Waals surface area contributed by atoms with Crippen LogP contribution in [0.25, 0.3) is 0 Å². The zero-order valence-electron chi connectivity index (χ0n) is 21.2. The van der Waals surface area contributed by atoms with Gasteiger partial charge in [0.05, 0.1) is 11.4 Å². The van der Waals surface area contributed by atoms with E-state index < -0.39 is 15.9 Å². The number of hydrogen-bond acceptors (Lipinski definition) is 6. The van der Waals surface area contributed by atoms with Crippen LogP contribution in [0.15, 0.2) is 92.8 Å². The van der Waals surface area contributed by atoms with E-state index in [1.807, 2.05) is 56.3 Å². The van der Waals surface area contributed by atoms with E-state index in [1.54, 1.807) is 24.3 Å². The molecule has 3 aromatic carbocycles. The molecule has 0 unspecified atom stereocenters. The predicted octanol–water partition coefficient (Wildman–Crippen LogP) is 5.42. The predicted molar refractivity (Wildman–Crippen MR) is 149 cm³/mol. The van der Waals surface area contributed by atoms with E-state index in [0.717, 1.165) is 15.6 Å². The quantitative estimate of drug-likeness (QED) is 0.248. The van der Waals surface area contributed by atoms with Crippen molar-refractivity contribution in [2.24, 2.45) is 0 Å². The van der Waals surface area contributed by atoms with Crippen LogP contribution in [0.2, 0.25) is 0 Å². The third-order valence-electron chi connectivity index (χ3n) is 5.84. The Hall–Kier alpha value is -3.34. The first-order valence-electron chi connectivity index (χ1n) is 12.2. The number of amides is 1. The number of anilines is 1. The molecule has 8 nitrogen and oxygen atoms in total. The molecule has 10 heteroatoms. The summed E-state index contributed by atoms with van der Waals surface area (Å²) in [6, 6.07) is 23.3. The van der Waals surface area contributed by atoms with Crippen LogP contribution in [-0.4, -0.2) is 41.9 Å². The fourth-order valence-corrected chi connectivity index (χ4v) is 5.42. The van der Waals surface area contributed by atoms with E-state index in [0.29, 0.717) is 30.2 Å². The van der Waals surface area contributed by atoms with Gasteiger partial charge in [-0.3, -0.25) is 4.79 Å². The van der Waals surface area contributed by atoms with Crippen molar-refractivity contribution < 1.29 is 17.7 Å². The maximum atomic E-state index is 13.4. The highest BCUT2D eigenvalue weighted by Crippen LogP contribution is 2.20. The normalized spacial score (nSPS) is 11.7. The maximum Gasteiger partial charge on any atom is 0.243 e. The first kappa shape index (κ1) is 27.7. The number of carbonyl (C=O) groups excluding carboxylic acids is 1. The molecule has 1 aromatic heterocycles. The molecule has 1 amide bonds. The van der Waals surface area contributed by atoms with Gasteiger partial charge in [0, 0.05) is 29.0 Å².